The first kappa shape index (κ1) is 13.6. The largest absolute Gasteiger partial charge is 0.444 e. The summed E-state index contributed by atoms with van der Waals surface area (Å²) in [5.74, 6) is 2.33. The van der Waals surface area contributed by atoms with Crippen LogP contribution in [-0.2, 0) is 12.0 Å². The fourth-order valence-electron chi connectivity index (χ4n) is 2.32. The lowest BCUT2D eigenvalue weighted by atomic mass is 9.94. The van der Waals surface area contributed by atoms with E-state index in [1.807, 2.05) is 6.20 Å². The molecule has 0 radical (unpaired) electrons. The molecule has 0 aliphatic carbocycles. The third-order valence-corrected chi connectivity index (χ3v) is 3.71. The highest BCUT2D eigenvalue weighted by Gasteiger charge is 2.25. The lowest BCUT2D eigenvalue weighted by Crippen LogP contribution is -2.45. The Morgan fingerprint density at radius 3 is 2.78 bits per heavy atom. The van der Waals surface area contributed by atoms with E-state index in [2.05, 4.69) is 37.6 Å². The monoisotopic (exact) mass is 251 g/mol. The summed E-state index contributed by atoms with van der Waals surface area (Å²) in [5, 5.41) is 0. The van der Waals surface area contributed by atoms with Crippen LogP contribution in [0.1, 0.15) is 45.8 Å². The molecule has 1 aromatic heterocycles. The van der Waals surface area contributed by atoms with E-state index in [4.69, 9.17) is 10.2 Å². The normalized spacial score (nSPS) is 26.5. The van der Waals surface area contributed by atoms with E-state index in [1.54, 1.807) is 0 Å². The molecule has 0 saturated carbocycles. The Morgan fingerprint density at radius 1 is 1.50 bits per heavy atom. The van der Waals surface area contributed by atoms with E-state index in [-0.39, 0.29) is 5.41 Å². The lowest BCUT2D eigenvalue weighted by molar-refractivity contribution is 0.144. The van der Waals surface area contributed by atoms with Crippen molar-refractivity contribution in [1.82, 2.24) is 9.88 Å². The number of oxazole rings is 1. The molecule has 0 spiro atoms. The average Bonchev–Trinajstić information content (AvgIpc) is 2.72. The Morgan fingerprint density at radius 2 is 2.22 bits per heavy atom. The molecule has 1 aromatic rings. The van der Waals surface area contributed by atoms with Crippen molar-refractivity contribution >= 4 is 0 Å². The highest BCUT2D eigenvalue weighted by atomic mass is 16.4. The van der Waals surface area contributed by atoms with Crippen molar-refractivity contribution in [2.45, 2.75) is 52.1 Å². The molecule has 0 amide bonds. The molecule has 2 heterocycles. The fourth-order valence-corrected chi connectivity index (χ4v) is 2.32. The van der Waals surface area contributed by atoms with Gasteiger partial charge in [0.1, 0.15) is 5.76 Å². The van der Waals surface area contributed by atoms with E-state index in [0.717, 1.165) is 37.7 Å². The third kappa shape index (κ3) is 3.12. The van der Waals surface area contributed by atoms with Crippen molar-refractivity contribution in [2.75, 3.05) is 13.1 Å². The van der Waals surface area contributed by atoms with Crippen LogP contribution >= 0.6 is 0 Å². The van der Waals surface area contributed by atoms with Gasteiger partial charge in [-0.15, -0.1) is 0 Å². The van der Waals surface area contributed by atoms with E-state index in [0.29, 0.717) is 12.0 Å². The van der Waals surface area contributed by atoms with Gasteiger partial charge in [0.2, 0.25) is 5.89 Å². The van der Waals surface area contributed by atoms with E-state index in [1.165, 1.54) is 0 Å². The van der Waals surface area contributed by atoms with Gasteiger partial charge in [0.05, 0.1) is 12.7 Å². The first-order valence-corrected chi connectivity index (χ1v) is 6.79. The summed E-state index contributed by atoms with van der Waals surface area (Å²) in [4.78, 5) is 6.76. The van der Waals surface area contributed by atoms with Crippen molar-refractivity contribution in [3.63, 3.8) is 0 Å². The summed E-state index contributed by atoms with van der Waals surface area (Å²) in [7, 11) is 0. The summed E-state index contributed by atoms with van der Waals surface area (Å²) in [5.41, 5.74) is 6.06. The summed E-state index contributed by atoms with van der Waals surface area (Å²) >= 11 is 0. The second-order valence-electron chi connectivity index (χ2n) is 6.53. The zero-order valence-electron chi connectivity index (χ0n) is 11.9. The van der Waals surface area contributed by atoms with Gasteiger partial charge in [0, 0.05) is 24.5 Å². The Labute approximate surface area is 110 Å². The van der Waals surface area contributed by atoms with Gasteiger partial charge in [-0.1, -0.05) is 27.7 Å². The molecular weight excluding hydrogens is 226 g/mol. The van der Waals surface area contributed by atoms with Crippen molar-refractivity contribution in [3.8, 4) is 0 Å². The first-order chi connectivity index (χ1) is 8.36. The number of nitrogens with zero attached hydrogens (tertiary/aromatic N) is 2. The van der Waals surface area contributed by atoms with E-state index >= 15 is 0 Å². The van der Waals surface area contributed by atoms with Crippen molar-refractivity contribution in [2.24, 2.45) is 11.7 Å². The van der Waals surface area contributed by atoms with Crippen LogP contribution in [0.4, 0.5) is 0 Å². The number of piperidine rings is 1. The minimum Gasteiger partial charge on any atom is -0.444 e. The third-order valence-electron chi connectivity index (χ3n) is 3.71. The van der Waals surface area contributed by atoms with Crippen LogP contribution in [0.25, 0.3) is 0 Å². The lowest BCUT2D eigenvalue weighted by Gasteiger charge is -2.34. The Balaban J connectivity index is 1.96. The number of hydrogen-bond acceptors (Lipinski definition) is 4. The topological polar surface area (TPSA) is 55.3 Å². The first-order valence-electron chi connectivity index (χ1n) is 6.79. The highest BCUT2D eigenvalue weighted by molar-refractivity contribution is 5.06. The van der Waals surface area contributed by atoms with Gasteiger partial charge < -0.3 is 10.2 Å². The average molecular weight is 251 g/mol. The Hall–Kier alpha value is -0.870. The zero-order chi connectivity index (χ0) is 13.3. The van der Waals surface area contributed by atoms with Crippen LogP contribution in [0.3, 0.4) is 0 Å². The van der Waals surface area contributed by atoms with Gasteiger partial charge in [-0.05, 0) is 12.3 Å². The Kier molecular flexibility index (Phi) is 3.78. The smallest absolute Gasteiger partial charge is 0.208 e. The molecule has 18 heavy (non-hydrogen) atoms. The molecular formula is C14H25N3O. The molecule has 4 heteroatoms. The molecule has 0 aromatic carbocycles. The summed E-state index contributed by atoms with van der Waals surface area (Å²) in [6, 6.07) is 0.343. The number of nitrogens with two attached hydrogens (primary N) is 1. The summed E-state index contributed by atoms with van der Waals surface area (Å²) < 4.78 is 5.83. The second-order valence-corrected chi connectivity index (χ2v) is 6.53. The maximum atomic E-state index is 6.03. The molecule has 1 fully saturated rings. The molecule has 1 aliphatic rings. The summed E-state index contributed by atoms with van der Waals surface area (Å²) in [6.45, 7) is 11.5. The molecule has 102 valence electrons. The maximum Gasteiger partial charge on any atom is 0.208 e. The SMILES string of the molecule is CC1CN(Cc2ncc(C(C)(C)C)o2)CCC1N. The van der Waals surface area contributed by atoms with Gasteiger partial charge in [0.15, 0.2) is 0 Å². The molecule has 2 unspecified atom stereocenters. The minimum absolute atomic E-state index is 0.0305. The second kappa shape index (κ2) is 5.02. The van der Waals surface area contributed by atoms with Crippen molar-refractivity contribution in [3.05, 3.63) is 17.8 Å². The zero-order valence-corrected chi connectivity index (χ0v) is 11.9. The van der Waals surface area contributed by atoms with Gasteiger partial charge >= 0.3 is 0 Å². The summed E-state index contributed by atoms with van der Waals surface area (Å²) in [6.07, 6.45) is 2.92. The molecule has 0 bridgehead atoms. The van der Waals surface area contributed by atoms with Crippen molar-refractivity contribution in [1.29, 1.82) is 0 Å². The molecule has 2 N–H and O–H groups in total. The highest BCUT2D eigenvalue weighted by Crippen LogP contribution is 2.24. The molecule has 1 saturated heterocycles. The molecule has 2 atom stereocenters. The van der Waals surface area contributed by atoms with Crippen LogP contribution in [0.2, 0.25) is 0 Å². The number of hydrogen-bond donors (Lipinski definition) is 1. The fraction of sp³-hybridized carbons (Fsp3) is 0.786. The minimum atomic E-state index is 0.0305. The van der Waals surface area contributed by atoms with Crippen LogP contribution in [-0.4, -0.2) is 29.0 Å². The maximum absolute atomic E-state index is 6.03. The van der Waals surface area contributed by atoms with E-state index < -0.39 is 0 Å². The van der Waals surface area contributed by atoms with Crippen LogP contribution in [0.5, 0.6) is 0 Å². The molecule has 2 rings (SSSR count). The quantitative estimate of drug-likeness (QED) is 0.875. The Bertz CT molecular complexity index is 394. The van der Waals surface area contributed by atoms with Crippen LogP contribution in [0.15, 0.2) is 10.6 Å². The predicted octanol–water partition coefficient (Wildman–Crippen LogP) is 2.14. The number of rotatable bonds is 2. The van der Waals surface area contributed by atoms with Gasteiger partial charge in [0.25, 0.3) is 0 Å². The molecule has 1 aliphatic heterocycles. The standard InChI is InChI=1S/C14H25N3O/c1-10-8-17(6-5-11(10)15)9-13-16-7-12(18-13)14(2,3)4/h7,10-11H,5-6,8-9,15H2,1-4H3. The van der Waals surface area contributed by atoms with E-state index in [9.17, 15) is 0 Å². The van der Waals surface area contributed by atoms with Gasteiger partial charge in [-0.2, -0.15) is 0 Å². The number of aromatic nitrogens is 1. The van der Waals surface area contributed by atoms with Crippen LogP contribution < -0.4 is 5.73 Å². The van der Waals surface area contributed by atoms with Crippen molar-refractivity contribution < 1.29 is 4.42 Å². The number of likely N-dealkylation sites (tertiary alicyclic amines) is 1. The van der Waals surface area contributed by atoms with Gasteiger partial charge in [-0.3, -0.25) is 4.90 Å². The van der Waals surface area contributed by atoms with Crippen LogP contribution in [0, 0.1) is 5.92 Å². The van der Waals surface area contributed by atoms with Gasteiger partial charge in [-0.25, -0.2) is 4.98 Å². The molecule has 4 nitrogen and oxygen atoms in total. The predicted molar refractivity (Wildman–Crippen MR) is 72.2 cm³/mol.